The molecule has 0 saturated carbocycles. The van der Waals surface area contributed by atoms with Crippen molar-refractivity contribution in [3.63, 3.8) is 0 Å². The van der Waals surface area contributed by atoms with Crippen molar-refractivity contribution in [3.8, 4) is 0 Å². The summed E-state index contributed by atoms with van der Waals surface area (Å²) in [4.78, 5) is 21.7. The van der Waals surface area contributed by atoms with Crippen LogP contribution in [0.15, 0.2) is 18.2 Å². The lowest BCUT2D eigenvalue weighted by Gasteiger charge is -2.34. The number of rotatable bonds is 3. The van der Waals surface area contributed by atoms with E-state index < -0.39 is 0 Å². The summed E-state index contributed by atoms with van der Waals surface area (Å²) in [5.41, 5.74) is 1.74. The Morgan fingerprint density at radius 2 is 2.26 bits per heavy atom. The SMILES string of the molecule is Cc1cccc(CN2CC[C@@]34OC[C@@H](C(C)C)N3C(=O)C[C@@H]24)n1. The fourth-order valence-corrected chi connectivity index (χ4v) is 4.54. The van der Waals surface area contributed by atoms with E-state index in [1.807, 2.05) is 13.0 Å². The molecular formula is C18H25N3O2. The summed E-state index contributed by atoms with van der Waals surface area (Å²) in [6.07, 6.45) is 1.49. The Kier molecular flexibility index (Phi) is 3.46. The van der Waals surface area contributed by atoms with Gasteiger partial charge in [0.15, 0.2) is 5.72 Å². The zero-order valence-corrected chi connectivity index (χ0v) is 14.2. The van der Waals surface area contributed by atoms with Gasteiger partial charge in [-0.25, -0.2) is 0 Å². The summed E-state index contributed by atoms with van der Waals surface area (Å²) in [7, 11) is 0. The first-order valence-corrected chi connectivity index (χ1v) is 8.64. The summed E-state index contributed by atoms with van der Waals surface area (Å²) in [6.45, 7) is 8.81. The molecule has 0 N–H and O–H groups in total. The molecule has 23 heavy (non-hydrogen) atoms. The smallest absolute Gasteiger partial charge is 0.226 e. The lowest BCUT2D eigenvalue weighted by atomic mass is 10.0. The number of nitrogens with zero attached hydrogens (tertiary/aromatic N) is 3. The standard InChI is InChI=1S/C18H25N3O2/c1-12(2)15-11-23-18-7-8-20(16(18)9-17(22)21(15)18)10-14-6-4-5-13(3)19-14/h4-6,12,15-16H,7-11H2,1-3H3/t15-,16+,18-/m0/s1. The van der Waals surface area contributed by atoms with Gasteiger partial charge in [-0.15, -0.1) is 0 Å². The van der Waals surface area contributed by atoms with Gasteiger partial charge in [-0.2, -0.15) is 0 Å². The quantitative estimate of drug-likeness (QED) is 0.855. The first-order valence-electron chi connectivity index (χ1n) is 8.64. The van der Waals surface area contributed by atoms with Gasteiger partial charge in [-0.3, -0.25) is 14.7 Å². The van der Waals surface area contributed by atoms with Crippen LogP contribution in [0.3, 0.4) is 0 Å². The lowest BCUT2D eigenvalue weighted by Crippen LogP contribution is -2.50. The highest BCUT2D eigenvalue weighted by Gasteiger charge is 2.64. The van der Waals surface area contributed by atoms with E-state index in [0.29, 0.717) is 18.9 Å². The summed E-state index contributed by atoms with van der Waals surface area (Å²) < 4.78 is 6.27. The third-order valence-electron chi connectivity index (χ3n) is 5.68. The molecule has 4 heterocycles. The van der Waals surface area contributed by atoms with Gasteiger partial charge in [0, 0.05) is 31.6 Å². The van der Waals surface area contributed by atoms with Crippen molar-refractivity contribution < 1.29 is 9.53 Å². The minimum atomic E-state index is -0.379. The summed E-state index contributed by atoms with van der Waals surface area (Å²) in [5, 5.41) is 0. The Hall–Kier alpha value is -1.46. The molecule has 3 fully saturated rings. The number of ether oxygens (including phenoxy) is 1. The molecule has 1 amide bonds. The van der Waals surface area contributed by atoms with Crippen molar-refractivity contribution in [2.75, 3.05) is 13.2 Å². The Bertz CT molecular complexity index is 632. The van der Waals surface area contributed by atoms with Gasteiger partial charge >= 0.3 is 0 Å². The largest absolute Gasteiger partial charge is 0.352 e. The Morgan fingerprint density at radius 1 is 1.43 bits per heavy atom. The number of amides is 1. The highest BCUT2D eigenvalue weighted by molar-refractivity contribution is 5.82. The second-order valence-electron chi connectivity index (χ2n) is 7.44. The summed E-state index contributed by atoms with van der Waals surface area (Å²) in [6, 6.07) is 6.53. The van der Waals surface area contributed by atoms with Crippen LogP contribution in [-0.4, -0.2) is 51.7 Å². The molecule has 0 aliphatic carbocycles. The Labute approximate surface area is 137 Å². The maximum Gasteiger partial charge on any atom is 0.226 e. The zero-order valence-electron chi connectivity index (χ0n) is 14.2. The van der Waals surface area contributed by atoms with Gasteiger partial charge in [0.1, 0.15) is 0 Å². The molecule has 3 aliphatic rings. The topological polar surface area (TPSA) is 45.7 Å². The van der Waals surface area contributed by atoms with Crippen molar-refractivity contribution in [2.45, 2.75) is 58.0 Å². The van der Waals surface area contributed by atoms with Gasteiger partial charge in [0.05, 0.1) is 24.4 Å². The molecule has 3 aliphatic heterocycles. The molecule has 5 heteroatoms. The number of aromatic nitrogens is 1. The molecule has 0 unspecified atom stereocenters. The minimum Gasteiger partial charge on any atom is -0.352 e. The molecular weight excluding hydrogens is 290 g/mol. The molecule has 3 saturated heterocycles. The van der Waals surface area contributed by atoms with Crippen LogP contribution >= 0.6 is 0 Å². The van der Waals surface area contributed by atoms with Crippen LogP contribution in [0.25, 0.3) is 0 Å². The average Bonchev–Trinajstić information content (AvgIpc) is 3.10. The van der Waals surface area contributed by atoms with E-state index in [-0.39, 0.29) is 23.7 Å². The maximum absolute atomic E-state index is 12.6. The van der Waals surface area contributed by atoms with Crippen molar-refractivity contribution >= 4 is 5.91 Å². The fourth-order valence-electron chi connectivity index (χ4n) is 4.54. The molecule has 1 spiro atoms. The van der Waals surface area contributed by atoms with Crippen molar-refractivity contribution in [2.24, 2.45) is 5.92 Å². The number of carbonyl (C=O) groups is 1. The molecule has 0 bridgehead atoms. The number of hydrogen-bond acceptors (Lipinski definition) is 4. The minimum absolute atomic E-state index is 0.168. The first-order chi connectivity index (χ1) is 11.0. The van der Waals surface area contributed by atoms with E-state index in [1.165, 1.54) is 0 Å². The molecule has 5 nitrogen and oxygen atoms in total. The first kappa shape index (κ1) is 15.1. The van der Waals surface area contributed by atoms with Crippen LogP contribution in [0.4, 0.5) is 0 Å². The number of carbonyl (C=O) groups excluding carboxylic acids is 1. The molecule has 1 aromatic rings. The normalized spacial score (nSPS) is 33.6. The van der Waals surface area contributed by atoms with E-state index in [4.69, 9.17) is 4.74 Å². The van der Waals surface area contributed by atoms with E-state index in [9.17, 15) is 4.79 Å². The molecule has 1 aromatic heterocycles. The molecule has 3 atom stereocenters. The van der Waals surface area contributed by atoms with Crippen LogP contribution in [0, 0.1) is 12.8 Å². The fraction of sp³-hybridized carbons (Fsp3) is 0.667. The van der Waals surface area contributed by atoms with Crippen molar-refractivity contribution in [3.05, 3.63) is 29.6 Å². The van der Waals surface area contributed by atoms with Crippen LogP contribution in [-0.2, 0) is 16.1 Å². The van der Waals surface area contributed by atoms with Gasteiger partial charge < -0.3 is 9.64 Å². The van der Waals surface area contributed by atoms with E-state index in [2.05, 4.69) is 40.8 Å². The molecule has 4 rings (SSSR count). The lowest BCUT2D eigenvalue weighted by molar-refractivity contribution is -0.139. The third-order valence-corrected chi connectivity index (χ3v) is 5.68. The highest BCUT2D eigenvalue weighted by Crippen LogP contribution is 2.49. The van der Waals surface area contributed by atoms with Crippen LogP contribution < -0.4 is 0 Å². The highest BCUT2D eigenvalue weighted by atomic mass is 16.5. The van der Waals surface area contributed by atoms with Gasteiger partial charge in [0.25, 0.3) is 0 Å². The predicted octanol–water partition coefficient (Wildman–Crippen LogP) is 1.95. The third kappa shape index (κ3) is 2.21. The summed E-state index contributed by atoms with van der Waals surface area (Å²) >= 11 is 0. The van der Waals surface area contributed by atoms with E-state index in [1.54, 1.807) is 0 Å². The Morgan fingerprint density at radius 3 is 3.00 bits per heavy atom. The Balaban J connectivity index is 1.58. The van der Waals surface area contributed by atoms with E-state index in [0.717, 1.165) is 30.9 Å². The number of hydrogen-bond donors (Lipinski definition) is 0. The van der Waals surface area contributed by atoms with Gasteiger partial charge in [0.2, 0.25) is 5.91 Å². The second kappa shape index (κ2) is 5.28. The molecule has 0 radical (unpaired) electrons. The number of pyridine rings is 1. The molecule has 124 valence electrons. The second-order valence-corrected chi connectivity index (χ2v) is 7.44. The van der Waals surface area contributed by atoms with Crippen LogP contribution in [0.2, 0.25) is 0 Å². The van der Waals surface area contributed by atoms with Gasteiger partial charge in [-0.1, -0.05) is 19.9 Å². The molecule has 0 aromatic carbocycles. The summed E-state index contributed by atoms with van der Waals surface area (Å²) in [5.74, 6) is 0.692. The number of aryl methyl sites for hydroxylation is 1. The van der Waals surface area contributed by atoms with Crippen molar-refractivity contribution in [1.82, 2.24) is 14.8 Å². The van der Waals surface area contributed by atoms with E-state index >= 15 is 0 Å². The zero-order chi connectivity index (χ0) is 16.2. The average molecular weight is 315 g/mol. The predicted molar refractivity (Wildman–Crippen MR) is 86.6 cm³/mol. The van der Waals surface area contributed by atoms with Crippen molar-refractivity contribution in [1.29, 1.82) is 0 Å². The maximum atomic E-state index is 12.6. The van der Waals surface area contributed by atoms with Crippen LogP contribution in [0.1, 0.15) is 38.1 Å². The monoisotopic (exact) mass is 315 g/mol. The number of likely N-dealkylation sites (tertiary alicyclic amines) is 1. The van der Waals surface area contributed by atoms with Crippen LogP contribution in [0.5, 0.6) is 0 Å². The van der Waals surface area contributed by atoms with Gasteiger partial charge in [-0.05, 0) is 25.0 Å².